The molecule has 1 aliphatic heterocycles. The van der Waals surface area contributed by atoms with Gasteiger partial charge in [-0.1, -0.05) is 31.0 Å². The van der Waals surface area contributed by atoms with Gasteiger partial charge in [-0.25, -0.2) is 4.39 Å². The van der Waals surface area contributed by atoms with Crippen molar-refractivity contribution in [2.75, 3.05) is 18.0 Å². The molecule has 1 aromatic carbocycles. The molecular weight excluding hydrogens is 251 g/mol. The Morgan fingerprint density at radius 3 is 3.00 bits per heavy atom. The van der Waals surface area contributed by atoms with Gasteiger partial charge < -0.3 is 10.2 Å². The van der Waals surface area contributed by atoms with Crippen molar-refractivity contribution in [1.82, 2.24) is 5.32 Å². The molecule has 2 rings (SSSR count). The lowest BCUT2D eigenvalue weighted by molar-refractivity contribution is 0.383. The molecule has 0 aromatic heterocycles. The van der Waals surface area contributed by atoms with Gasteiger partial charge in [-0.15, -0.1) is 0 Å². The zero-order valence-electron chi connectivity index (χ0n) is 10.9. The second kappa shape index (κ2) is 5.89. The maximum Gasteiger partial charge on any atom is 0.165 e. The summed E-state index contributed by atoms with van der Waals surface area (Å²) in [6.07, 6.45) is 2.25. The molecule has 0 aliphatic carbocycles. The van der Waals surface area contributed by atoms with Gasteiger partial charge in [-0.3, -0.25) is 0 Å². The van der Waals surface area contributed by atoms with E-state index < -0.39 is 0 Å². The molecule has 2 unspecified atom stereocenters. The molecule has 0 amide bonds. The highest BCUT2D eigenvalue weighted by atomic mass is 35.5. The molecule has 100 valence electrons. The number of nitrogens with zero attached hydrogens (tertiary/aromatic N) is 1. The molecule has 1 N–H and O–H groups in total. The van der Waals surface area contributed by atoms with Gasteiger partial charge in [0.2, 0.25) is 0 Å². The van der Waals surface area contributed by atoms with Gasteiger partial charge in [0.25, 0.3) is 0 Å². The number of halogens is 2. The fourth-order valence-corrected chi connectivity index (χ4v) is 2.69. The minimum Gasteiger partial charge on any atom is -0.364 e. The first-order valence-electron chi connectivity index (χ1n) is 6.57. The second-order valence-corrected chi connectivity index (χ2v) is 5.38. The van der Waals surface area contributed by atoms with Crippen LogP contribution in [0.3, 0.4) is 0 Å². The van der Waals surface area contributed by atoms with E-state index in [9.17, 15) is 4.39 Å². The molecule has 0 radical (unpaired) electrons. The average molecular weight is 271 g/mol. The van der Waals surface area contributed by atoms with E-state index in [2.05, 4.69) is 24.1 Å². The lowest BCUT2D eigenvalue weighted by Gasteiger charge is -2.40. The van der Waals surface area contributed by atoms with E-state index in [0.717, 1.165) is 25.9 Å². The van der Waals surface area contributed by atoms with Crippen molar-refractivity contribution < 1.29 is 4.39 Å². The molecule has 0 bridgehead atoms. The van der Waals surface area contributed by atoms with Gasteiger partial charge in [0.05, 0.1) is 10.7 Å². The summed E-state index contributed by atoms with van der Waals surface area (Å²) in [5, 5.41) is 3.71. The summed E-state index contributed by atoms with van der Waals surface area (Å²) in [5.41, 5.74) is 0.623. The van der Waals surface area contributed by atoms with E-state index in [4.69, 9.17) is 11.6 Å². The molecule has 0 saturated carbocycles. The first-order valence-corrected chi connectivity index (χ1v) is 6.95. The van der Waals surface area contributed by atoms with Crippen molar-refractivity contribution in [2.24, 2.45) is 0 Å². The molecule has 0 spiro atoms. The lowest BCUT2D eigenvalue weighted by atomic mass is 10.0. The first kappa shape index (κ1) is 13.6. The summed E-state index contributed by atoms with van der Waals surface area (Å²) in [6.45, 7) is 6.00. The van der Waals surface area contributed by atoms with E-state index in [-0.39, 0.29) is 16.9 Å². The fourth-order valence-electron chi connectivity index (χ4n) is 2.52. The van der Waals surface area contributed by atoms with Crippen LogP contribution in [-0.2, 0) is 0 Å². The number of piperazine rings is 1. The number of anilines is 1. The molecule has 1 aliphatic rings. The first-order chi connectivity index (χ1) is 8.63. The SMILES string of the molecule is CCCC1CN(c2cccc(Cl)c2F)C(C)CN1. The normalized spacial score (nSPS) is 24.3. The van der Waals surface area contributed by atoms with Crippen LogP contribution >= 0.6 is 11.6 Å². The minimum absolute atomic E-state index is 0.199. The third kappa shape index (κ3) is 2.78. The third-order valence-corrected chi connectivity index (χ3v) is 3.82. The van der Waals surface area contributed by atoms with Gasteiger partial charge in [0, 0.05) is 25.2 Å². The molecule has 1 heterocycles. The van der Waals surface area contributed by atoms with Gasteiger partial charge in [-0.05, 0) is 25.5 Å². The Kier molecular flexibility index (Phi) is 4.46. The van der Waals surface area contributed by atoms with Gasteiger partial charge in [0.15, 0.2) is 5.82 Å². The quantitative estimate of drug-likeness (QED) is 0.905. The summed E-state index contributed by atoms with van der Waals surface area (Å²) >= 11 is 5.86. The standard InChI is InChI=1S/C14H20ClFN2/c1-3-5-11-9-18(10(2)8-17-11)13-7-4-6-12(15)14(13)16/h4,6-7,10-11,17H,3,5,8-9H2,1-2H3. The number of hydrogen-bond acceptors (Lipinski definition) is 2. The fraction of sp³-hybridized carbons (Fsp3) is 0.571. The van der Waals surface area contributed by atoms with E-state index in [1.807, 2.05) is 12.1 Å². The Morgan fingerprint density at radius 2 is 2.28 bits per heavy atom. The van der Waals surface area contributed by atoms with E-state index in [1.54, 1.807) is 6.07 Å². The third-order valence-electron chi connectivity index (χ3n) is 3.53. The van der Waals surface area contributed by atoms with Crippen LogP contribution in [0.4, 0.5) is 10.1 Å². The van der Waals surface area contributed by atoms with Crippen LogP contribution in [0, 0.1) is 5.82 Å². The molecule has 4 heteroatoms. The van der Waals surface area contributed by atoms with E-state index in [1.165, 1.54) is 0 Å². The number of hydrogen-bond donors (Lipinski definition) is 1. The highest BCUT2D eigenvalue weighted by Gasteiger charge is 2.26. The monoisotopic (exact) mass is 270 g/mol. The topological polar surface area (TPSA) is 15.3 Å². The highest BCUT2D eigenvalue weighted by Crippen LogP contribution is 2.28. The number of rotatable bonds is 3. The zero-order chi connectivity index (χ0) is 13.1. The van der Waals surface area contributed by atoms with Crippen molar-refractivity contribution in [3.05, 3.63) is 29.0 Å². The summed E-state index contributed by atoms with van der Waals surface area (Å²) < 4.78 is 14.1. The van der Waals surface area contributed by atoms with Gasteiger partial charge in [0.1, 0.15) is 0 Å². The predicted octanol–water partition coefficient (Wildman–Crippen LogP) is 3.45. The number of nitrogens with one attached hydrogen (secondary N) is 1. The van der Waals surface area contributed by atoms with Crippen molar-refractivity contribution >= 4 is 17.3 Å². The largest absolute Gasteiger partial charge is 0.364 e. The Hall–Kier alpha value is -0.800. The summed E-state index contributed by atoms with van der Waals surface area (Å²) in [6, 6.07) is 5.93. The van der Waals surface area contributed by atoms with Crippen LogP contribution in [0.25, 0.3) is 0 Å². The second-order valence-electron chi connectivity index (χ2n) is 4.97. The molecule has 1 saturated heterocycles. The Balaban J connectivity index is 2.21. The minimum atomic E-state index is -0.303. The Morgan fingerprint density at radius 1 is 1.50 bits per heavy atom. The summed E-state index contributed by atoms with van der Waals surface area (Å²) in [4.78, 5) is 2.12. The number of benzene rings is 1. The highest BCUT2D eigenvalue weighted by molar-refractivity contribution is 6.31. The molecule has 18 heavy (non-hydrogen) atoms. The van der Waals surface area contributed by atoms with Crippen molar-refractivity contribution in [3.8, 4) is 0 Å². The summed E-state index contributed by atoms with van der Waals surface area (Å²) in [5.74, 6) is -0.303. The predicted molar refractivity (Wildman–Crippen MR) is 74.9 cm³/mol. The van der Waals surface area contributed by atoms with Crippen LogP contribution in [0.2, 0.25) is 5.02 Å². The smallest absolute Gasteiger partial charge is 0.165 e. The van der Waals surface area contributed by atoms with Crippen molar-refractivity contribution in [3.63, 3.8) is 0 Å². The zero-order valence-corrected chi connectivity index (χ0v) is 11.7. The van der Waals surface area contributed by atoms with Crippen LogP contribution in [0.15, 0.2) is 18.2 Å². The van der Waals surface area contributed by atoms with Crippen LogP contribution in [0.1, 0.15) is 26.7 Å². The molecule has 1 fully saturated rings. The molecule has 1 aromatic rings. The average Bonchev–Trinajstić information content (AvgIpc) is 2.36. The van der Waals surface area contributed by atoms with Crippen molar-refractivity contribution in [1.29, 1.82) is 0 Å². The molecule has 2 atom stereocenters. The van der Waals surface area contributed by atoms with Gasteiger partial charge in [-0.2, -0.15) is 0 Å². The van der Waals surface area contributed by atoms with Crippen LogP contribution in [0.5, 0.6) is 0 Å². The van der Waals surface area contributed by atoms with E-state index in [0.29, 0.717) is 11.7 Å². The van der Waals surface area contributed by atoms with Crippen molar-refractivity contribution in [2.45, 2.75) is 38.8 Å². The van der Waals surface area contributed by atoms with E-state index >= 15 is 0 Å². The maximum atomic E-state index is 14.1. The van der Waals surface area contributed by atoms with Crippen LogP contribution in [-0.4, -0.2) is 25.2 Å². The lowest BCUT2D eigenvalue weighted by Crippen LogP contribution is -2.55. The summed E-state index contributed by atoms with van der Waals surface area (Å²) in [7, 11) is 0. The van der Waals surface area contributed by atoms with Gasteiger partial charge >= 0.3 is 0 Å². The molecular formula is C14H20ClFN2. The Bertz CT molecular complexity index is 411. The maximum absolute atomic E-state index is 14.1. The van der Waals surface area contributed by atoms with Crippen LogP contribution < -0.4 is 10.2 Å². The molecule has 2 nitrogen and oxygen atoms in total. The Labute approximate surface area is 113 Å².